The molecule has 1 heterocycles. The Hall–Kier alpha value is -3.94. The molecule has 208 valence electrons. The molecule has 39 heavy (non-hydrogen) atoms. The van der Waals surface area contributed by atoms with Crippen LogP contribution in [0.2, 0.25) is 0 Å². The topological polar surface area (TPSA) is 112 Å². The van der Waals surface area contributed by atoms with E-state index >= 15 is 0 Å². The Morgan fingerprint density at radius 3 is 2.03 bits per heavy atom. The number of phenols is 1. The van der Waals surface area contributed by atoms with E-state index in [1.165, 1.54) is 75.5 Å². The van der Waals surface area contributed by atoms with Crippen molar-refractivity contribution in [3.05, 3.63) is 66.0 Å². The van der Waals surface area contributed by atoms with E-state index in [4.69, 9.17) is 0 Å². The molecule has 1 aromatic heterocycles. The molecule has 3 rings (SSSR count). The monoisotopic (exact) mass is 532 g/mol. The predicted molar refractivity (Wildman–Crippen MR) is 155 cm³/mol. The van der Waals surface area contributed by atoms with Crippen LogP contribution in [0.15, 0.2) is 54.9 Å². The van der Waals surface area contributed by atoms with Crippen LogP contribution in [0.25, 0.3) is 10.8 Å². The van der Waals surface area contributed by atoms with Gasteiger partial charge in [-0.15, -0.1) is 0 Å². The minimum atomic E-state index is -0.656. The van der Waals surface area contributed by atoms with Gasteiger partial charge in [0.05, 0.1) is 11.3 Å². The molecule has 0 aliphatic rings. The highest BCUT2D eigenvalue weighted by Gasteiger charge is 2.19. The van der Waals surface area contributed by atoms with Gasteiger partial charge in [-0.1, -0.05) is 82.9 Å². The Labute approximate surface area is 230 Å². The number of unbranched alkanes of at least 4 members (excludes halogenated alkanes) is 9. The number of fused-ring (bicyclic) bond motifs is 1. The molecule has 0 aliphatic carbocycles. The number of nitrogens with zero attached hydrogens (tertiary/aromatic N) is 2. The SMILES string of the molecule is CCCCCCCCCCCCN(C(C)=O)c1cccc2c(O)c(C(=O)NNC(=O)c3ccncc3)ccc12. The van der Waals surface area contributed by atoms with Crippen LogP contribution in [0.1, 0.15) is 98.8 Å². The largest absolute Gasteiger partial charge is 0.506 e. The van der Waals surface area contributed by atoms with Gasteiger partial charge in [-0.3, -0.25) is 30.2 Å². The van der Waals surface area contributed by atoms with E-state index in [1.807, 2.05) is 6.07 Å². The van der Waals surface area contributed by atoms with Crippen molar-refractivity contribution in [2.24, 2.45) is 0 Å². The molecule has 8 nitrogen and oxygen atoms in total. The molecule has 0 atom stereocenters. The fourth-order valence-electron chi connectivity index (χ4n) is 4.71. The van der Waals surface area contributed by atoms with Gasteiger partial charge in [0.1, 0.15) is 5.75 Å². The molecule has 0 saturated heterocycles. The Morgan fingerprint density at radius 1 is 0.769 bits per heavy atom. The van der Waals surface area contributed by atoms with Crippen molar-refractivity contribution in [3.8, 4) is 5.75 Å². The van der Waals surface area contributed by atoms with Crippen LogP contribution in [0.4, 0.5) is 5.69 Å². The summed E-state index contributed by atoms with van der Waals surface area (Å²) in [5.41, 5.74) is 5.72. The van der Waals surface area contributed by atoms with Gasteiger partial charge >= 0.3 is 0 Å². The quantitative estimate of drug-likeness (QED) is 0.167. The number of amides is 3. The molecular weight excluding hydrogens is 492 g/mol. The lowest BCUT2D eigenvalue weighted by Crippen LogP contribution is -2.41. The molecule has 0 radical (unpaired) electrons. The summed E-state index contributed by atoms with van der Waals surface area (Å²) in [5.74, 6) is -1.45. The average Bonchev–Trinajstić information content (AvgIpc) is 2.95. The third-order valence-corrected chi connectivity index (χ3v) is 6.89. The zero-order chi connectivity index (χ0) is 28.0. The van der Waals surface area contributed by atoms with Crippen LogP contribution < -0.4 is 15.8 Å². The Morgan fingerprint density at radius 2 is 1.38 bits per heavy atom. The number of aromatic hydroxyl groups is 1. The van der Waals surface area contributed by atoms with Crippen molar-refractivity contribution in [2.45, 2.75) is 78.1 Å². The Balaban J connectivity index is 1.61. The highest BCUT2D eigenvalue weighted by atomic mass is 16.3. The molecule has 3 N–H and O–H groups in total. The van der Waals surface area contributed by atoms with Crippen molar-refractivity contribution in [2.75, 3.05) is 11.4 Å². The molecule has 0 unspecified atom stereocenters. The highest BCUT2D eigenvalue weighted by molar-refractivity contribution is 6.09. The first-order chi connectivity index (χ1) is 18.9. The van der Waals surface area contributed by atoms with E-state index in [0.29, 0.717) is 28.6 Å². The van der Waals surface area contributed by atoms with Gasteiger partial charge in [-0.25, -0.2) is 0 Å². The lowest BCUT2D eigenvalue weighted by atomic mass is 10.0. The molecule has 3 aromatic rings. The van der Waals surface area contributed by atoms with Gasteiger partial charge in [-0.05, 0) is 30.7 Å². The summed E-state index contributed by atoms with van der Waals surface area (Å²) in [6.45, 7) is 4.37. The number of hydrazine groups is 1. The molecule has 0 bridgehead atoms. The highest BCUT2D eigenvalue weighted by Crippen LogP contribution is 2.35. The normalized spacial score (nSPS) is 10.8. The second-order valence-electron chi connectivity index (χ2n) is 9.83. The number of carbonyl (C=O) groups is 3. The Bertz CT molecular complexity index is 1250. The van der Waals surface area contributed by atoms with Gasteiger partial charge in [-0.2, -0.15) is 0 Å². The van der Waals surface area contributed by atoms with Crippen molar-refractivity contribution in [1.29, 1.82) is 0 Å². The summed E-state index contributed by atoms with van der Waals surface area (Å²) in [4.78, 5) is 43.1. The minimum Gasteiger partial charge on any atom is -0.506 e. The summed E-state index contributed by atoms with van der Waals surface area (Å²) in [6.07, 6.45) is 15.1. The van der Waals surface area contributed by atoms with Gasteiger partial charge < -0.3 is 10.0 Å². The van der Waals surface area contributed by atoms with Crippen molar-refractivity contribution in [3.63, 3.8) is 0 Å². The zero-order valence-electron chi connectivity index (χ0n) is 23.0. The lowest BCUT2D eigenvalue weighted by molar-refractivity contribution is -0.116. The van der Waals surface area contributed by atoms with E-state index in [9.17, 15) is 19.5 Å². The van der Waals surface area contributed by atoms with Gasteiger partial charge in [0.15, 0.2) is 0 Å². The number of hydrogen-bond donors (Lipinski definition) is 3. The summed E-state index contributed by atoms with van der Waals surface area (Å²) < 4.78 is 0. The van der Waals surface area contributed by atoms with E-state index in [0.717, 1.165) is 19.3 Å². The second-order valence-corrected chi connectivity index (χ2v) is 9.83. The number of benzene rings is 2. The number of anilines is 1. The molecule has 0 fully saturated rings. The first-order valence-corrected chi connectivity index (χ1v) is 14.0. The first-order valence-electron chi connectivity index (χ1n) is 14.0. The summed E-state index contributed by atoms with van der Waals surface area (Å²) >= 11 is 0. The van der Waals surface area contributed by atoms with Crippen LogP contribution in [-0.2, 0) is 4.79 Å². The van der Waals surface area contributed by atoms with Crippen LogP contribution >= 0.6 is 0 Å². The maximum Gasteiger partial charge on any atom is 0.273 e. The standard InChI is InChI=1S/C31H40N4O4/c1-3-4-5-6-7-8-9-10-11-12-22-35(23(2)36)28-15-13-14-26-25(28)16-17-27(29(26)37)31(39)34-33-30(38)24-18-20-32-21-19-24/h13-21,37H,3-12,22H2,1-2H3,(H,33,38)(H,34,39). The lowest BCUT2D eigenvalue weighted by Gasteiger charge is -2.23. The minimum absolute atomic E-state index is 0.0127. The first kappa shape index (κ1) is 29.6. The van der Waals surface area contributed by atoms with Gasteiger partial charge in [0.25, 0.3) is 11.8 Å². The summed E-state index contributed by atoms with van der Waals surface area (Å²) in [6, 6.07) is 11.6. The molecule has 0 saturated carbocycles. The third-order valence-electron chi connectivity index (χ3n) is 6.89. The van der Waals surface area contributed by atoms with Gasteiger partial charge in [0, 0.05) is 42.2 Å². The van der Waals surface area contributed by atoms with E-state index in [2.05, 4.69) is 22.8 Å². The van der Waals surface area contributed by atoms with Crippen LogP contribution in [0, 0.1) is 0 Å². The van der Waals surface area contributed by atoms with Crippen LogP contribution in [0.5, 0.6) is 5.75 Å². The summed E-state index contributed by atoms with van der Waals surface area (Å²) in [5, 5.41) is 12.1. The maximum atomic E-state index is 12.7. The number of pyridine rings is 1. The fraction of sp³-hybridized carbons (Fsp3) is 0.419. The predicted octanol–water partition coefficient (Wildman–Crippen LogP) is 6.29. The van der Waals surface area contributed by atoms with Gasteiger partial charge in [0.2, 0.25) is 5.91 Å². The molecule has 0 spiro atoms. The molecule has 8 heteroatoms. The van der Waals surface area contributed by atoms with Crippen molar-refractivity contribution in [1.82, 2.24) is 15.8 Å². The van der Waals surface area contributed by atoms with Crippen LogP contribution in [-0.4, -0.2) is 34.4 Å². The maximum absolute atomic E-state index is 12.7. The third kappa shape index (κ3) is 8.53. The second kappa shape index (κ2) is 15.5. The zero-order valence-corrected chi connectivity index (χ0v) is 23.0. The number of aromatic nitrogens is 1. The molecule has 0 aliphatic heterocycles. The van der Waals surface area contributed by atoms with E-state index in [1.54, 1.807) is 30.0 Å². The molecule has 3 amide bonds. The van der Waals surface area contributed by atoms with E-state index < -0.39 is 11.8 Å². The molecule has 2 aromatic carbocycles. The van der Waals surface area contributed by atoms with Crippen LogP contribution in [0.3, 0.4) is 0 Å². The number of hydrogen-bond acceptors (Lipinski definition) is 5. The number of nitrogens with one attached hydrogen (secondary N) is 2. The fourth-order valence-corrected chi connectivity index (χ4v) is 4.71. The van der Waals surface area contributed by atoms with Crippen molar-refractivity contribution >= 4 is 34.2 Å². The average molecular weight is 533 g/mol. The summed E-state index contributed by atoms with van der Waals surface area (Å²) in [7, 11) is 0. The van der Waals surface area contributed by atoms with Crippen molar-refractivity contribution < 1.29 is 19.5 Å². The Kier molecular flexibility index (Phi) is 11.7. The smallest absolute Gasteiger partial charge is 0.273 e. The number of carbonyl (C=O) groups excluding carboxylic acids is 3. The number of rotatable bonds is 14. The molecular formula is C31H40N4O4. The van der Waals surface area contributed by atoms with E-state index in [-0.39, 0.29) is 17.2 Å². The number of phenolic OH excluding ortho intramolecular Hbond substituents is 1.